The zero-order valence-electron chi connectivity index (χ0n) is 76.2. The molecule has 4 saturated heterocycles. The third-order valence-electron chi connectivity index (χ3n) is 24.4. The van der Waals surface area contributed by atoms with Crippen molar-refractivity contribution < 1.29 is 99.8 Å². The van der Waals surface area contributed by atoms with Crippen LogP contribution in [-0.2, 0) is 181 Å². The molecule has 0 bridgehead atoms. The molecule has 4 fully saturated rings. The molecule has 4 aliphatic heterocycles. The average molecular weight is 1840 g/mol. The van der Waals surface area contributed by atoms with Crippen molar-refractivity contribution in [1.82, 2.24) is 0 Å². The minimum Gasteiger partial charge on any atom is -0.374 e. The van der Waals surface area contributed by atoms with Crippen LogP contribution < -0.4 is 0 Å². The van der Waals surface area contributed by atoms with Crippen LogP contribution in [0.1, 0.15) is 72.3 Å². The molecule has 13 aromatic rings. The topological polar surface area (TPSA) is 205 Å². The maximum absolute atomic E-state index is 12.6. The van der Waals surface area contributed by atoms with E-state index in [2.05, 4.69) is 0 Å². The second-order valence-electron chi connectivity index (χ2n) is 34.3. The van der Waals surface area contributed by atoms with Crippen molar-refractivity contribution in [3.8, 4) is 0 Å². The Balaban J connectivity index is 0.799. The smallest absolute Gasteiger partial charge is 0.187 e. The zero-order chi connectivity index (χ0) is 92.2. The van der Waals surface area contributed by atoms with Crippen LogP contribution in [0.25, 0.3) is 0 Å². The molecule has 1 N–H and O–H groups in total. The fourth-order valence-corrected chi connectivity index (χ4v) is 17.4. The van der Waals surface area contributed by atoms with Crippen LogP contribution in [0.2, 0.25) is 0 Å². The van der Waals surface area contributed by atoms with Crippen LogP contribution in [0, 0.1) is 0 Å². The molecule has 0 aromatic heterocycles. The minimum atomic E-state index is -1.55. The monoisotopic (exact) mass is 1840 g/mol. The molecule has 21 nitrogen and oxygen atoms in total. The molecule has 706 valence electrons. The van der Waals surface area contributed by atoms with Gasteiger partial charge in [-0.1, -0.05) is 394 Å². The SMILES string of the molecule is OC1OC(COCc2ccccc2)C(OC2OC(COCc3ccccc3)C(OC3OC(COC4OC(COCc5ccccc5)C(OCc5ccccc5)C(OCc5ccccc5)C4OCc4ccccc4)C(OCc4ccccc4)C(OCc4ccccc4)C3OCc3ccccc3)C(OCc3ccccc3)C2OCc2ccccc2)C(OCc2ccccc2)C1OCc1ccccc1. The van der Waals surface area contributed by atoms with E-state index >= 15 is 0 Å². The van der Waals surface area contributed by atoms with E-state index in [1.807, 2.05) is 394 Å². The van der Waals surface area contributed by atoms with E-state index < -0.39 is 123 Å². The maximum atomic E-state index is 12.6. The molecule has 20 atom stereocenters. The highest BCUT2D eigenvalue weighted by Crippen LogP contribution is 2.42. The van der Waals surface area contributed by atoms with Gasteiger partial charge in [0.25, 0.3) is 0 Å². The molecular formula is C115H120O21. The molecule has 0 saturated carbocycles. The van der Waals surface area contributed by atoms with Crippen molar-refractivity contribution in [3.05, 3.63) is 467 Å². The number of rotatable bonds is 49. The summed E-state index contributed by atoms with van der Waals surface area (Å²) >= 11 is 0. The molecule has 20 unspecified atom stereocenters. The van der Waals surface area contributed by atoms with Gasteiger partial charge in [0.1, 0.15) is 97.7 Å². The lowest BCUT2D eigenvalue weighted by Gasteiger charge is -2.52. The van der Waals surface area contributed by atoms with E-state index in [-0.39, 0.29) is 112 Å². The highest BCUT2D eigenvalue weighted by atomic mass is 16.8. The number of benzene rings is 13. The van der Waals surface area contributed by atoms with Crippen LogP contribution in [-0.4, -0.2) is 154 Å². The second kappa shape index (κ2) is 52.0. The predicted molar refractivity (Wildman–Crippen MR) is 511 cm³/mol. The zero-order valence-corrected chi connectivity index (χ0v) is 76.2. The lowest BCUT2D eigenvalue weighted by atomic mass is 9.94. The van der Waals surface area contributed by atoms with E-state index in [9.17, 15) is 5.11 Å². The van der Waals surface area contributed by atoms with Gasteiger partial charge < -0.3 is 99.8 Å². The van der Waals surface area contributed by atoms with Gasteiger partial charge in [-0.25, -0.2) is 0 Å². The van der Waals surface area contributed by atoms with Crippen molar-refractivity contribution in [2.75, 3.05) is 26.4 Å². The minimum absolute atomic E-state index is 0.0252. The first-order valence-corrected chi connectivity index (χ1v) is 47.0. The number of ether oxygens (including phenoxy) is 20. The van der Waals surface area contributed by atoms with Gasteiger partial charge in [0.05, 0.1) is 112 Å². The molecule has 0 spiro atoms. The van der Waals surface area contributed by atoms with E-state index in [4.69, 9.17) is 94.7 Å². The van der Waals surface area contributed by atoms with Crippen LogP contribution in [0.15, 0.2) is 394 Å². The summed E-state index contributed by atoms with van der Waals surface area (Å²) in [6.45, 7) is 1.23. The standard InChI is InChI=1S/C115H120O21/c116-112-108(126-75-92-58-32-10-33-59-92)106(124-73-90-54-28-8-29-55-90)102(97(131-112)80-118-67-84-42-16-2-17-43-84)135-115-111(129-78-95-64-38-13-39-65-95)107(125-74-91-56-30-9-31-57-91)103(98(133-115)81-119-68-85-44-18-3-19-45-85)136-114-110(128-77-94-62-36-12-37-63-94)105(123-72-89-52-26-7-27-53-89)101(121-70-87-48-22-5-23-49-87)99(134-114)82-130-113-109(127-76-93-60-34-11-35-61-93)104(122-71-88-50-24-6-25-51-88)100(120-69-86-46-20-4-21-47-86)96(132-113)79-117-66-83-40-14-1-15-41-83/h1-65,96-116H,66-82H2. The van der Waals surface area contributed by atoms with Crippen LogP contribution in [0.5, 0.6) is 0 Å². The van der Waals surface area contributed by atoms with Crippen LogP contribution in [0.3, 0.4) is 0 Å². The Morgan fingerprint density at radius 3 is 0.574 bits per heavy atom. The molecule has 13 aromatic carbocycles. The summed E-state index contributed by atoms with van der Waals surface area (Å²) in [7, 11) is 0. The Hall–Kier alpha value is -11.0. The number of hydrogen-bond acceptors (Lipinski definition) is 21. The van der Waals surface area contributed by atoms with Crippen molar-refractivity contribution in [2.24, 2.45) is 0 Å². The molecule has 4 heterocycles. The van der Waals surface area contributed by atoms with Gasteiger partial charge in [-0.15, -0.1) is 0 Å². The van der Waals surface area contributed by atoms with Crippen LogP contribution >= 0.6 is 0 Å². The maximum Gasteiger partial charge on any atom is 0.187 e. The largest absolute Gasteiger partial charge is 0.374 e. The van der Waals surface area contributed by atoms with E-state index in [0.29, 0.717) is 0 Å². The molecular weight excluding hydrogens is 1720 g/mol. The lowest BCUT2D eigenvalue weighted by molar-refractivity contribution is -0.396. The molecule has 4 aliphatic rings. The molecule has 136 heavy (non-hydrogen) atoms. The first-order chi connectivity index (χ1) is 67.4. The van der Waals surface area contributed by atoms with Crippen molar-refractivity contribution in [2.45, 2.75) is 209 Å². The highest BCUT2D eigenvalue weighted by molar-refractivity contribution is 5.24. The Morgan fingerprint density at radius 2 is 0.324 bits per heavy atom. The van der Waals surface area contributed by atoms with Gasteiger partial charge in [0, 0.05) is 0 Å². The number of aliphatic hydroxyl groups is 1. The quantitative estimate of drug-likeness (QED) is 0.0376. The predicted octanol–water partition coefficient (Wildman–Crippen LogP) is 19.2. The average Bonchev–Trinajstić information content (AvgIpc) is 0.759. The van der Waals surface area contributed by atoms with Crippen LogP contribution in [0.4, 0.5) is 0 Å². The molecule has 0 aliphatic carbocycles. The van der Waals surface area contributed by atoms with Gasteiger partial charge >= 0.3 is 0 Å². The van der Waals surface area contributed by atoms with Gasteiger partial charge in [0.2, 0.25) is 0 Å². The number of aliphatic hydroxyl groups excluding tert-OH is 1. The van der Waals surface area contributed by atoms with E-state index in [1.165, 1.54) is 0 Å². The number of hydrogen-bond donors (Lipinski definition) is 1. The van der Waals surface area contributed by atoms with Crippen molar-refractivity contribution in [1.29, 1.82) is 0 Å². The summed E-state index contributed by atoms with van der Waals surface area (Å²) in [5, 5.41) is 12.6. The van der Waals surface area contributed by atoms with E-state index in [0.717, 1.165) is 72.3 Å². The summed E-state index contributed by atoms with van der Waals surface area (Å²) in [5.41, 5.74) is 11.6. The fraction of sp³-hybridized carbons (Fsp3) is 0.322. The third-order valence-corrected chi connectivity index (χ3v) is 24.4. The summed E-state index contributed by atoms with van der Waals surface area (Å²) in [6.07, 6.45) is -22.7. The summed E-state index contributed by atoms with van der Waals surface area (Å²) in [6, 6.07) is 129. The Labute approximate surface area is 797 Å². The molecule has 21 heteroatoms. The van der Waals surface area contributed by atoms with Crippen molar-refractivity contribution in [3.63, 3.8) is 0 Å². The van der Waals surface area contributed by atoms with Gasteiger partial charge in [0.15, 0.2) is 25.2 Å². The molecule has 0 radical (unpaired) electrons. The first kappa shape index (κ1) is 96.7. The molecule has 0 amide bonds. The normalized spacial score (nSPS) is 25.1. The first-order valence-electron chi connectivity index (χ1n) is 47.0. The lowest BCUT2D eigenvalue weighted by Crippen LogP contribution is -2.68. The summed E-state index contributed by atoms with van der Waals surface area (Å²) in [5.74, 6) is 0. The van der Waals surface area contributed by atoms with Gasteiger partial charge in [-0.3, -0.25) is 0 Å². The molecule has 17 rings (SSSR count). The van der Waals surface area contributed by atoms with Gasteiger partial charge in [-0.05, 0) is 72.3 Å². The van der Waals surface area contributed by atoms with Crippen molar-refractivity contribution >= 4 is 0 Å². The fourth-order valence-electron chi connectivity index (χ4n) is 17.4. The Bertz CT molecular complexity index is 5450. The Kier molecular flexibility index (Phi) is 37.0. The van der Waals surface area contributed by atoms with Gasteiger partial charge in [-0.2, -0.15) is 0 Å². The highest BCUT2D eigenvalue weighted by Gasteiger charge is 2.58. The third kappa shape index (κ3) is 28.4. The summed E-state index contributed by atoms with van der Waals surface area (Å²) in [4.78, 5) is 0. The Morgan fingerprint density at radius 1 is 0.154 bits per heavy atom. The second-order valence-corrected chi connectivity index (χ2v) is 34.3. The summed E-state index contributed by atoms with van der Waals surface area (Å²) < 4.78 is 148. The van der Waals surface area contributed by atoms with E-state index in [1.54, 1.807) is 0 Å².